The molecule has 0 saturated carbocycles. The smallest absolute Gasteiger partial charge is 0.222 e. The molecule has 1 aromatic heterocycles. The van der Waals surface area contributed by atoms with Crippen molar-refractivity contribution >= 4 is 43.6 Å². The highest BCUT2D eigenvalue weighted by Crippen LogP contribution is 2.38. The second kappa shape index (κ2) is 5.30. The van der Waals surface area contributed by atoms with Crippen molar-refractivity contribution in [3.05, 3.63) is 32.2 Å². The molecule has 2 rings (SSSR count). The van der Waals surface area contributed by atoms with Crippen LogP contribution >= 0.6 is 31.9 Å². The molecule has 0 spiro atoms. The van der Waals surface area contributed by atoms with Crippen LogP contribution in [0.15, 0.2) is 15.0 Å². The number of aromatic nitrogens is 2. The second-order valence-electron chi connectivity index (χ2n) is 3.65. The third-order valence-electron chi connectivity index (χ3n) is 2.42. The van der Waals surface area contributed by atoms with Crippen molar-refractivity contribution in [2.75, 3.05) is 11.5 Å². The van der Waals surface area contributed by atoms with Gasteiger partial charge in [-0.3, -0.25) is 0 Å². The van der Waals surface area contributed by atoms with E-state index in [-0.39, 0.29) is 37.5 Å². The maximum absolute atomic E-state index is 14.1. The fraction of sp³-hybridized carbons (Fsp3) is 0. The molecule has 20 heavy (non-hydrogen) atoms. The minimum atomic E-state index is -0.792. The summed E-state index contributed by atoms with van der Waals surface area (Å²) in [5, 5.41) is 9.07. The van der Waals surface area contributed by atoms with E-state index in [0.29, 0.717) is 0 Å². The average Bonchev–Trinajstić information content (AvgIpc) is 2.35. The number of nitriles is 1. The van der Waals surface area contributed by atoms with Crippen molar-refractivity contribution in [1.29, 1.82) is 5.26 Å². The minimum absolute atomic E-state index is 0.0702. The van der Waals surface area contributed by atoms with Crippen LogP contribution in [-0.4, -0.2) is 9.97 Å². The normalized spacial score (nSPS) is 10.3. The molecule has 1 heterocycles. The molecule has 102 valence electrons. The molecular formula is C11H5Br2F2N5. The lowest BCUT2D eigenvalue weighted by atomic mass is 10.1. The summed E-state index contributed by atoms with van der Waals surface area (Å²) in [6.07, 6.45) is 0. The third kappa shape index (κ3) is 2.32. The van der Waals surface area contributed by atoms with Crippen LogP contribution in [0.2, 0.25) is 0 Å². The molecule has 1 aromatic carbocycles. The average molecular weight is 405 g/mol. The molecule has 0 atom stereocenters. The zero-order valence-electron chi connectivity index (χ0n) is 9.59. The molecular weight excluding hydrogens is 400 g/mol. The van der Waals surface area contributed by atoms with Crippen molar-refractivity contribution in [2.45, 2.75) is 0 Å². The quantitative estimate of drug-likeness (QED) is 0.561. The van der Waals surface area contributed by atoms with Gasteiger partial charge in [0.05, 0.1) is 20.2 Å². The van der Waals surface area contributed by atoms with Crippen LogP contribution in [0.4, 0.5) is 20.5 Å². The van der Waals surface area contributed by atoms with Crippen LogP contribution in [0.5, 0.6) is 0 Å². The van der Waals surface area contributed by atoms with Crippen molar-refractivity contribution in [2.24, 2.45) is 0 Å². The van der Waals surface area contributed by atoms with Gasteiger partial charge in [0, 0.05) is 0 Å². The Morgan fingerprint density at radius 3 is 2.45 bits per heavy atom. The maximum Gasteiger partial charge on any atom is 0.222 e. The fourth-order valence-electron chi connectivity index (χ4n) is 1.57. The molecule has 0 aliphatic rings. The zero-order valence-corrected chi connectivity index (χ0v) is 12.8. The summed E-state index contributed by atoms with van der Waals surface area (Å²) in [5.41, 5.74) is 10.4. The van der Waals surface area contributed by atoms with Crippen LogP contribution in [0.3, 0.4) is 0 Å². The number of rotatable bonds is 1. The van der Waals surface area contributed by atoms with Crippen molar-refractivity contribution < 1.29 is 8.78 Å². The number of hydrogen-bond donors (Lipinski definition) is 2. The van der Waals surface area contributed by atoms with E-state index in [9.17, 15) is 8.78 Å². The highest BCUT2D eigenvalue weighted by Gasteiger charge is 2.23. The van der Waals surface area contributed by atoms with Crippen LogP contribution in [0.1, 0.15) is 5.56 Å². The molecule has 0 unspecified atom stereocenters. The molecule has 5 nitrogen and oxygen atoms in total. The Labute approximate surface area is 128 Å². The van der Waals surface area contributed by atoms with E-state index < -0.39 is 11.6 Å². The lowest BCUT2D eigenvalue weighted by Crippen LogP contribution is -2.06. The van der Waals surface area contributed by atoms with Crippen LogP contribution in [-0.2, 0) is 0 Å². The number of halogens is 4. The Kier molecular flexibility index (Phi) is 3.87. The summed E-state index contributed by atoms with van der Waals surface area (Å²) in [4.78, 5) is 7.39. The first-order chi connectivity index (χ1) is 9.36. The van der Waals surface area contributed by atoms with E-state index in [1.165, 1.54) is 0 Å². The topological polar surface area (TPSA) is 102 Å². The molecule has 9 heteroatoms. The Morgan fingerprint density at radius 2 is 1.85 bits per heavy atom. The summed E-state index contributed by atoms with van der Waals surface area (Å²) < 4.78 is 27.7. The van der Waals surface area contributed by atoms with Crippen LogP contribution in [0.25, 0.3) is 11.3 Å². The van der Waals surface area contributed by atoms with Gasteiger partial charge < -0.3 is 11.5 Å². The Morgan fingerprint density at radius 1 is 1.20 bits per heavy atom. The van der Waals surface area contributed by atoms with Crippen LogP contribution in [0, 0.1) is 23.0 Å². The van der Waals surface area contributed by atoms with E-state index in [4.69, 9.17) is 16.7 Å². The van der Waals surface area contributed by atoms with Gasteiger partial charge in [-0.15, -0.1) is 0 Å². The van der Waals surface area contributed by atoms with Gasteiger partial charge in [-0.1, -0.05) is 0 Å². The summed E-state index contributed by atoms with van der Waals surface area (Å²) >= 11 is 5.81. The summed E-state index contributed by atoms with van der Waals surface area (Å²) in [7, 11) is 0. The van der Waals surface area contributed by atoms with Gasteiger partial charge in [-0.2, -0.15) is 10.2 Å². The number of hydrogen-bond acceptors (Lipinski definition) is 5. The molecule has 4 N–H and O–H groups in total. The van der Waals surface area contributed by atoms with E-state index in [1.54, 1.807) is 6.07 Å². The number of nitrogens with zero attached hydrogens (tertiary/aromatic N) is 3. The van der Waals surface area contributed by atoms with E-state index >= 15 is 0 Å². The molecule has 0 saturated heterocycles. The van der Waals surface area contributed by atoms with Crippen molar-refractivity contribution in [3.63, 3.8) is 0 Å². The predicted molar refractivity (Wildman–Crippen MR) is 76.3 cm³/mol. The molecule has 0 radical (unpaired) electrons. The summed E-state index contributed by atoms with van der Waals surface area (Å²) in [6, 6.07) is 2.67. The molecule has 0 aliphatic carbocycles. The SMILES string of the molecule is N#Cc1c(N)nc(N)nc1-c1c(F)cc(Br)c(F)c1Br. The Bertz CT molecular complexity index is 758. The molecule has 2 aromatic rings. The van der Waals surface area contributed by atoms with E-state index in [0.717, 1.165) is 6.07 Å². The van der Waals surface area contributed by atoms with Gasteiger partial charge >= 0.3 is 0 Å². The zero-order chi connectivity index (χ0) is 15.0. The monoisotopic (exact) mass is 403 g/mol. The van der Waals surface area contributed by atoms with Crippen LogP contribution < -0.4 is 11.5 Å². The van der Waals surface area contributed by atoms with Crippen molar-refractivity contribution in [1.82, 2.24) is 9.97 Å². The standard InChI is InChI=1S/C11H5Br2F2N5/c12-4-1-5(14)6(7(13)8(4)15)9-3(2-16)10(17)20-11(18)19-9/h1H,(H4,17,18,19,20). The lowest BCUT2D eigenvalue weighted by Gasteiger charge is -2.11. The number of anilines is 2. The Balaban J connectivity index is 2.89. The Hall–Kier alpha value is -1.79. The highest BCUT2D eigenvalue weighted by atomic mass is 79.9. The van der Waals surface area contributed by atoms with Crippen molar-refractivity contribution in [3.8, 4) is 17.3 Å². The maximum atomic E-state index is 14.1. The molecule has 0 amide bonds. The van der Waals surface area contributed by atoms with Gasteiger partial charge in [0.15, 0.2) is 5.82 Å². The molecule has 0 bridgehead atoms. The number of nitrogen functional groups attached to an aromatic ring is 2. The first-order valence-electron chi connectivity index (χ1n) is 5.03. The third-order valence-corrected chi connectivity index (χ3v) is 3.74. The van der Waals surface area contributed by atoms with E-state index in [2.05, 4.69) is 41.8 Å². The van der Waals surface area contributed by atoms with E-state index in [1.807, 2.05) is 0 Å². The second-order valence-corrected chi connectivity index (χ2v) is 5.29. The number of benzene rings is 1. The molecule has 0 fully saturated rings. The minimum Gasteiger partial charge on any atom is -0.382 e. The highest BCUT2D eigenvalue weighted by molar-refractivity contribution is 9.11. The lowest BCUT2D eigenvalue weighted by molar-refractivity contribution is 0.591. The van der Waals surface area contributed by atoms with Gasteiger partial charge in [0.25, 0.3) is 0 Å². The van der Waals surface area contributed by atoms with Gasteiger partial charge in [0.1, 0.15) is 23.3 Å². The first-order valence-corrected chi connectivity index (χ1v) is 6.61. The number of nitrogens with two attached hydrogens (primary N) is 2. The van der Waals surface area contributed by atoms with Gasteiger partial charge in [-0.05, 0) is 37.9 Å². The van der Waals surface area contributed by atoms with Gasteiger partial charge in [0.2, 0.25) is 5.95 Å². The summed E-state index contributed by atoms with van der Waals surface area (Å²) in [5.74, 6) is -1.98. The summed E-state index contributed by atoms with van der Waals surface area (Å²) in [6.45, 7) is 0. The first kappa shape index (κ1) is 14.6. The largest absolute Gasteiger partial charge is 0.382 e. The molecule has 0 aliphatic heterocycles. The predicted octanol–water partition coefficient (Wildman–Crippen LogP) is 2.98. The fourth-order valence-corrected chi connectivity index (χ4v) is 2.83. The van der Waals surface area contributed by atoms with Gasteiger partial charge in [-0.25, -0.2) is 13.8 Å².